The highest BCUT2D eigenvalue weighted by atomic mass is 35.5. The molecule has 16 heavy (non-hydrogen) atoms. The molecular weight excluding hydrogens is 226 g/mol. The van der Waals surface area contributed by atoms with Crippen LogP contribution in [-0.4, -0.2) is 18.6 Å². The second-order valence-electron chi connectivity index (χ2n) is 4.06. The highest BCUT2D eigenvalue weighted by Crippen LogP contribution is 2.25. The van der Waals surface area contributed by atoms with Crippen LogP contribution in [0.15, 0.2) is 18.2 Å². The number of carbonyl (C=O) groups excluding carboxylic acids is 1. The molecule has 1 aromatic rings. The van der Waals surface area contributed by atoms with Crippen molar-refractivity contribution < 1.29 is 9.53 Å². The maximum atomic E-state index is 11.4. The van der Waals surface area contributed by atoms with Crippen LogP contribution in [0, 0.1) is 6.92 Å². The Labute approximate surface area is 99.7 Å². The van der Waals surface area contributed by atoms with Crippen molar-refractivity contribution in [1.29, 1.82) is 0 Å². The summed E-state index contributed by atoms with van der Waals surface area (Å²) in [5, 5.41) is 3.38. The highest BCUT2D eigenvalue weighted by molar-refractivity contribution is 6.32. The Bertz CT molecular complexity index is 402. The zero-order chi connectivity index (χ0) is 11.5. The van der Waals surface area contributed by atoms with E-state index in [2.05, 4.69) is 5.32 Å². The van der Waals surface area contributed by atoms with Gasteiger partial charge in [-0.2, -0.15) is 0 Å². The number of hydrogen-bond donors (Lipinski definition) is 1. The molecule has 0 atom stereocenters. The van der Waals surface area contributed by atoms with E-state index in [0.29, 0.717) is 16.8 Å². The Kier molecular flexibility index (Phi) is 3.34. The molecule has 1 amide bonds. The number of nitrogens with one attached hydrogen (secondary N) is 1. The predicted octanol–water partition coefficient (Wildman–Crippen LogP) is 2.31. The van der Waals surface area contributed by atoms with Gasteiger partial charge < -0.3 is 10.1 Å². The summed E-state index contributed by atoms with van der Waals surface area (Å²) >= 11 is 5.94. The molecule has 1 aliphatic rings. The third-order valence-corrected chi connectivity index (χ3v) is 2.70. The molecule has 1 saturated carbocycles. The Hall–Kier alpha value is -1.22. The van der Waals surface area contributed by atoms with Crippen LogP contribution in [0.25, 0.3) is 0 Å². The Morgan fingerprint density at radius 3 is 3.00 bits per heavy atom. The number of carbonyl (C=O) groups is 1. The van der Waals surface area contributed by atoms with Crippen molar-refractivity contribution in [2.75, 3.05) is 6.61 Å². The summed E-state index contributed by atoms with van der Waals surface area (Å²) in [6, 6.07) is 5.86. The van der Waals surface area contributed by atoms with Crippen LogP contribution in [0.2, 0.25) is 5.02 Å². The molecule has 1 N–H and O–H groups in total. The van der Waals surface area contributed by atoms with Crippen LogP contribution in [0.1, 0.15) is 18.4 Å². The van der Waals surface area contributed by atoms with Gasteiger partial charge in [-0.3, -0.25) is 4.79 Å². The third kappa shape index (κ3) is 3.14. The van der Waals surface area contributed by atoms with Crippen molar-refractivity contribution in [2.24, 2.45) is 0 Å². The first-order valence-electron chi connectivity index (χ1n) is 5.33. The predicted molar refractivity (Wildman–Crippen MR) is 62.8 cm³/mol. The van der Waals surface area contributed by atoms with E-state index in [9.17, 15) is 4.79 Å². The summed E-state index contributed by atoms with van der Waals surface area (Å²) in [4.78, 5) is 11.4. The number of aryl methyl sites for hydroxylation is 1. The van der Waals surface area contributed by atoms with Crippen molar-refractivity contribution in [1.82, 2.24) is 5.32 Å². The van der Waals surface area contributed by atoms with E-state index < -0.39 is 0 Å². The summed E-state index contributed by atoms with van der Waals surface area (Å²) in [6.07, 6.45) is 2.16. The van der Waals surface area contributed by atoms with Crippen LogP contribution >= 0.6 is 11.6 Å². The minimum atomic E-state index is -0.0833. The summed E-state index contributed by atoms with van der Waals surface area (Å²) in [7, 11) is 0. The topological polar surface area (TPSA) is 38.3 Å². The first-order valence-corrected chi connectivity index (χ1v) is 5.71. The smallest absolute Gasteiger partial charge is 0.258 e. The van der Waals surface area contributed by atoms with Gasteiger partial charge in [0.25, 0.3) is 5.91 Å². The molecule has 86 valence electrons. The van der Waals surface area contributed by atoms with E-state index in [1.165, 1.54) is 0 Å². The Morgan fingerprint density at radius 2 is 2.31 bits per heavy atom. The standard InChI is InChI=1S/C12H14ClNO2/c1-8-2-5-10(13)11(6-8)16-7-12(15)14-9-3-4-9/h2,5-6,9H,3-4,7H2,1H3,(H,14,15). The third-order valence-electron chi connectivity index (χ3n) is 2.39. The molecule has 0 aromatic heterocycles. The van der Waals surface area contributed by atoms with Gasteiger partial charge in [0.05, 0.1) is 5.02 Å². The van der Waals surface area contributed by atoms with Crippen molar-refractivity contribution >= 4 is 17.5 Å². The summed E-state index contributed by atoms with van der Waals surface area (Å²) in [6.45, 7) is 1.98. The molecule has 1 fully saturated rings. The molecule has 0 unspecified atom stereocenters. The number of ether oxygens (including phenoxy) is 1. The van der Waals surface area contributed by atoms with Gasteiger partial charge in [0.2, 0.25) is 0 Å². The zero-order valence-corrected chi connectivity index (χ0v) is 9.88. The van der Waals surface area contributed by atoms with E-state index in [4.69, 9.17) is 16.3 Å². The van der Waals surface area contributed by atoms with Crippen molar-refractivity contribution in [2.45, 2.75) is 25.8 Å². The monoisotopic (exact) mass is 239 g/mol. The highest BCUT2D eigenvalue weighted by Gasteiger charge is 2.23. The fourth-order valence-electron chi connectivity index (χ4n) is 1.36. The Balaban J connectivity index is 1.87. The molecule has 1 aliphatic carbocycles. The molecule has 0 bridgehead atoms. The molecule has 0 radical (unpaired) electrons. The second kappa shape index (κ2) is 4.74. The molecule has 0 aliphatic heterocycles. The molecule has 2 rings (SSSR count). The lowest BCUT2D eigenvalue weighted by Gasteiger charge is -2.08. The molecule has 1 aromatic carbocycles. The fourth-order valence-corrected chi connectivity index (χ4v) is 1.53. The number of halogens is 1. The maximum absolute atomic E-state index is 11.4. The van der Waals surface area contributed by atoms with Crippen molar-refractivity contribution in [3.8, 4) is 5.75 Å². The first kappa shape index (κ1) is 11.3. The van der Waals surface area contributed by atoms with Gasteiger partial charge in [0.15, 0.2) is 6.61 Å². The average molecular weight is 240 g/mol. The number of benzene rings is 1. The molecule has 0 heterocycles. The van der Waals surface area contributed by atoms with Gasteiger partial charge in [0, 0.05) is 6.04 Å². The molecule has 0 saturated heterocycles. The summed E-state index contributed by atoms with van der Waals surface area (Å²) < 4.78 is 5.36. The maximum Gasteiger partial charge on any atom is 0.258 e. The second-order valence-corrected chi connectivity index (χ2v) is 4.47. The van der Waals surface area contributed by atoms with Gasteiger partial charge in [0.1, 0.15) is 5.75 Å². The van der Waals surface area contributed by atoms with Gasteiger partial charge in [-0.05, 0) is 37.5 Å². The van der Waals surface area contributed by atoms with Crippen LogP contribution < -0.4 is 10.1 Å². The van der Waals surface area contributed by atoms with Crippen LogP contribution in [0.4, 0.5) is 0 Å². The Morgan fingerprint density at radius 1 is 1.56 bits per heavy atom. The lowest BCUT2D eigenvalue weighted by Crippen LogP contribution is -2.30. The fraction of sp³-hybridized carbons (Fsp3) is 0.417. The van der Waals surface area contributed by atoms with Gasteiger partial charge >= 0.3 is 0 Å². The van der Waals surface area contributed by atoms with Gasteiger partial charge in [-0.15, -0.1) is 0 Å². The lowest BCUT2D eigenvalue weighted by molar-refractivity contribution is -0.123. The van der Waals surface area contributed by atoms with Gasteiger partial charge in [-0.1, -0.05) is 17.7 Å². The van der Waals surface area contributed by atoms with Crippen molar-refractivity contribution in [3.63, 3.8) is 0 Å². The molecular formula is C12H14ClNO2. The number of rotatable bonds is 4. The zero-order valence-electron chi connectivity index (χ0n) is 9.13. The van der Waals surface area contributed by atoms with Crippen LogP contribution in [-0.2, 0) is 4.79 Å². The largest absolute Gasteiger partial charge is 0.482 e. The minimum Gasteiger partial charge on any atom is -0.482 e. The number of hydrogen-bond acceptors (Lipinski definition) is 2. The van der Waals surface area contributed by atoms with Crippen LogP contribution in [0.5, 0.6) is 5.75 Å². The summed E-state index contributed by atoms with van der Waals surface area (Å²) in [5.41, 5.74) is 1.06. The van der Waals surface area contributed by atoms with Gasteiger partial charge in [-0.25, -0.2) is 0 Å². The van der Waals surface area contributed by atoms with Crippen LogP contribution in [0.3, 0.4) is 0 Å². The lowest BCUT2D eigenvalue weighted by atomic mass is 10.2. The quantitative estimate of drug-likeness (QED) is 0.876. The molecule has 4 heteroatoms. The van der Waals surface area contributed by atoms with E-state index in [1.807, 2.05) is 19.1 Å². The number of amides is 1. The minimum absolute atomic E-state index is 0.0275. The van der Waals surface area contributed by atoms with E-state index in [1.54, 1.807) is 6.07 Å². The SMILES string of the molecule is Cc1ccc(Cl)c(OCC(=O)NC2CC2)c1. The average Bonchev–Trinajstić information content (AvgIpc) is 3.03. The first-order chi connectivity index (χ1) is 7.65. The van der Waals surface area contributed by atoms with E-state index in [-0.39, 0.29) is 12.5 Å². The van der Waals surface area contributed by atoms with E-state index in [0.717, 1.165) is 18.4 Å². The molecule has 0 spiro atoms. The van der Waals surface area contributed by atoms with Crippen molar-refractivity contribution in [3.05, 3.63) is 28.8 Å². The van der Waals surface area contributed by atoms with E-state index >= 15 is 0 Å². The molecule has 3 nitrogen and oxygen atoms in total. The normalized spacial score (nSPS) is 14.6. The summed E-state index contributed by atoms with van der Waals surface area (Å²) in [5.74, 6) is 0.479.